The predicted octanol–water partition coefficient (Wildman–Crippen LogP) is 2.79. The first-order valence-corrected chi connectivity index (χ1v) is 8.64. The lowest BCUT2D eigenvalue weighted by Crippen LogP contribution is -2.41. The molecule has 0 unspecified atom stereocenters. The van der Waals surface area contributed by atoms with Crippen LogP contribution in [0.2, 0.25) is 0 Å². The van der Waals surface area contributed by atoms with Gasteiger partial charge in [0.15, 0.2) is 0 Å². The average molecular weight is 345 g/mol. The molecule has 1 aliphatic heterocycles. The summed E-state index contributed by atoms with van der Waals surface area (Å²) in [6.45, 7) is 2.52. The Morgan fingerprint density at radius 3 is 2.50 bits per heavy atom. The maximum absolute atomic E-state index is 12.2. The third-order valence-electron chi connectivity index (χ3n) is 3.69. The molecule has 2 heterocycles. The van der Waals surface area contributed by atoms with Gasteiger partial charge in [-0.05, 0) is 35.2 Å². The van der Waals surface area contributed by atoms with E-state index in [4.69, 9.17) is 4.74 Å². The summed E-state index contributed by atoms with van der Waals surface area (Å²) in [6, 6.07) is 10.8. The highest BCUT2D eigenvalue weighted by Gasteiger charge is 2.16. The highest BCUT2D eigenvalue weighted by atomic mass is 32.1. The van der Waals surface area contributed by atoms with E-state index in [2.05, 4.69) is 10.6 Å². The molecule has 24 heavy (non-hydrogen) atoms. The van der Waals surface area contributed by atoms with Crippen molar-refractivity contribution in [1.82, 2.24) is 4.90 Å². The van der Waals surface area contributed by atoms with Crippen molar-refractivity contribution in [2.24, 2.45) is 0 Å². The molecule has 0 saturated carbocycles. The smallest absolute Gasteiger partial charge is 0.324 e. The zero-order chi connectivity index (χ0) is 16.8. The fourth-order valence-electron chi connectivity index (χ4n) is 2.43. The molecular formula is C17H19N3O3S. The summed E-state index contributed by atoms with van der Waals surface area (Å²) >= 11 is 1.46. The summed E-state index contributed by atoms with van der Waals surface area (Å²) in [5.41, 5.74) is 1.61. The molecule has 0 radical (unpaired) electrons. The third kappa shape index (κ3) is 4.56. The second-order valence-electron chi connectivity index (χ2n) is 5.42. The maximum atomic E-state index is 12.2. The van der Waals surface area contributed by atoms with Crippen LogP contribution in [0.25, 0.3) is 0 Å². The SMILES string of the molecule is O=C(Nc1ccc(CC(=O)N2CCOCC2)cc1)Nc1cccs1. The van der Waals surface area contributed by atoms with Gasteiger partial charge in [-0.15, -0.1) is 11.3 Å². The van der Waals surface area contributed by atoms with Gasteiger partial charge in [-0.1, -0.05) is 12.1 Å². The van der Waals surface area contributed by atoms with Gasteiger partial charge in [-0.2, -0.15) is 0 Å². The van der Waals surface area contributed by atoms with E-state index in [1.54, 1.807) is 12.1 Å². The molecule has 0 aliphatic carbocycles. The van der Waals surface area contributed by atoms with E-state index in [0.717, 1.165) is 10.6 Å². The predicted molar refractivity (Wildman–Crippen MR) is 94.5 cm³/mol. The summed E-state index contributed by atoms with van der Waals surface area (Å²) in [5, 5.41) is 8.22. The molecule has 2 aromatic rings. The molecule has 1 saturated heterocycles. The highest BCUT2D eigenvalue weighted by Crippen LogP contribution is 2.16. The van der Waals surface area contributed by atoms with Crippen molar-refractivity contribution in [1.29, 1.82) is 0 Å². The van der Waals surface area contributed by atoms with Gasteiger partial charge in [0, 0.05) is 18.8 Å². The maximum Gasteiger partial charge on any atom is 0.324 e. The van der Waals surface area contributed by atoms with E-state index in [1.165, 1.54) is 11.3 Å². The quantitative estimate of drug-likeness (QED) is 0.895. The fraction of sp³-hybridized carbons (Fsp3) is 0.294. The molecule has 0 spiro atoms. The summed E-state index contributed by atoms with van der Waals surface area (Å²) in [4.78, 5) is 25.9. The van der Waals surface area contributed by atoms with Crippen molar-refractivity contribution < 1.29 is 14.3 Å². The van der Waals surface area contributed by atoms with E-state index >= 15 is 0 Å². The average Bonchev–Trinajstić information content (AvgIpc) is 3.10. The number of carbonyl (C=O) groups is 2. The minimum Gasteiger partial charge on any atom is -0.378 e. The molecule has 0 atom stereocenters. The molecule has 1 aromatic carbocycles. The summed E-state index contributed by atoms with van der Waals surface area (Å²) in [5.74, 6) is 0.106. The van der Waals surface area contributed by atoms with Crippen LogP contribution in [-0.4, -0.2) is 43.1 Å². The Hall–Kier alpha value is -2.38. The first kappa shape index (κ1) is 16.5. The number of nitrogens with zero attached hydrogens (tertiary/aromatic N) is 1. The number of thiophene rings is 1. The number of hydrogen-bond acceptors (Lipinski definition) is 4. The first-order valence-electron chi connectivity index (χ1n) is 7.77. The molecule has 1 fully saturated rings. The van der Waals surface area contributed by atoms with Gasteiger partial charge >= 0.3 is 6.03 Å². The lowest BCUT2D eigenvalue weighted by Gasteiger charge is -2.26. The largest absolute Gasteiger partial charge is 0.378 e. The molecule has 3 rings (SSSR count). The molecular weight excluding hydrogens is 326 g/mol. The van der Waals surface area contributed by atoms with Gasteiger partial charge in [-0.25, -0.2) is 4.79 Å². The second-order valence-corrected chi connectivity index (χ2v) is 6.37. The van der Waals surface area contributed by atoms with Crippen molar-refractivity contribution in [3.63, 3.8) is 0 Å². The lowest BCUT2D eigenvalue weighted by molar-refractivity contribution is -0.134. The molecule has 6 nitrogen and oxygen atoms in total. The molecule has 2 N–H and O–H groups in total. The van der Waals surface area contributed by atoms with Crippen LogP contribution < -0.4 is 10.6 Å². The van der Waals surface area contributed by atoms with Crippen LogP contribution in [0.3, 0.4) is 0 Å². The van der Waals surface area contributed by atoms with E-state index in [0.29, 0.717) is 38.4 Å². The molecule has 7 heteroatoms. The Morgan fingerprint density at radius 1 is 1.08 bits per heavy atom. The van der Waals surface area contributed by atoms with Crippen molar-refractivity contribution in [2.45, 2.75) is 6.42 Å². The molecule has 0 bridgehead atoms. The van der Waals surface area contributed by atoms with E-state index in [9.17, 15) is 9.59 Å². The Bertz CT molecular complexity index is 680. The lowest BCUT2D eigenvalue weighted by atomic mass is 10.1. The van der Waals surface area contributed by atoms with Gasteiger partial charge in [0.25, 0.3) is 0 Å². The minimum atomic E-state index is -0.283. The van der Waals surface area contributed by atoms with Crippen LogP contribution in [0.5, 0.6) is 0 Å². The number of benzene rings is 1. The summed E-state index contributed by atoms with van der Waals surface area (Å²) < 4.78 is 5.25. The number of carbonyl (C=O) groups excluding carboxylic acids is 2. The number of amides is 3. The second kappa shape index (κ2) is 7.94. The van der Waals surface area contributed by atoms with Gasteiger partial charge in [-0.3, -0.25) is 10.1 Å². The topological polar surface area (TPSA) is 70.7 Å². The number of urea groups is 1. The number of morpholine rings is 1. The number of ether oxygens (including phenoxy) is 1. The Morgan fingerprint density at radius 2 is 1.83 bits per heavy atom. The third-order valence-corrected chi connectivity index (χ3v) is 4.47. The molecule has 3 amide bonds. The number of hydrogen-bond donors (Lipinski definition) is 2. The zero-order valence-corrected chi connectivity index (χ0v) is 14.0. The van der Waals surface area contributed by atoms with Crippen molar-refractivity contribution in [3.8, 4) is 0 Å². The minimum absolute atomic E-state index is 0.106. The standard InChI is InChI=1S/C17H19N3O3S/c21-16(20-7-9-23-10-8-20)12-13-3-5-14(6-4-13)18-17(22)19-15-2-1-11-24-15/h1-6,11H,7-10,12H2,(H2,18,19,22). The van der Waals surface area contributed by atoms with Crippen molar-refractivity contribution >= 4 is 34.0 Å². The highest BCUT2D eigenvalue weighted by molar-refractivity contribution is 7.14. The number of rotatable bonds is 4. The van der Waals surface area contributed by atoms with Gasteiger partial charge in [0.05, 0.1) is 24.6 Å². The van der Waals surface area contributed by atoms with Gasteiger partial charge in [0.1, 0.15) is 0 Å². The summed E-state index contributed by atoms with van der Waals surface area (Å²) in [7, 11) is 0. The first-order chi connectivity index (χ1) is 11.7. The van der Waals surface area contributed by atoms with Crippen LogP contribution >= 0.6 is 11.3 Å². The van der Waals surface area contributed by atoms with E-state index in [-0.39, 0.29) is 11.9 Å². The van der Waals surface area contributed by atoms with Crippen LogP contribution in [-0.2, 0) is 16.0 Å². The van der Waals surface area contributed by atoms with Crippen LogP contribution in [0.4, 0.5) is 15.5 Å². The Balaban J connectivity index is 1.51. The van der Waals surface area contributed by atoms with Gasteiger partial charge in [0.2, 0.25) is 5.91 Å². The Labute approximate surface area is 144 Å². The molecule has 1 aliphatic rings. The van der Waals surface area contributed by atoms with Crippen molar-refractivity contribution in [3.05, 3.63) is 47.3 Å². The number of anilines is 2. The van der Waals surface area contributed by atoms with E-state index in [1.807, 2.05) is 34.5 Å². The van der Waals surface area contributed by atoms with Crippen LogP contribution in [0.15, 0.2) is 41.8 Å². The fourth-order valence-corrected chi connectivity index (χ4v) is 3.04. The Kier molecular flexibility index (Phi) is 5.45. The van der Waals surface area contributed by atoms with Crippen molar-refractivity contribution in [2.75, 3.05) is 36.9 Å². The normalized spacial score (nSPS) is 14.2. The molecule has 1 aromatic heterocycles. The van der Waals surface area contributed by atoms with Gasteiger partial charge < -0.3 is 15.0 Å². The zero-order valence-electron chi connectivity index (χ0n) is 13.2. The van der Waals surface area contributed by atoms with E-state index < -0.39 is 0 Å². The van der Waals surface area contributed by atoms with Crippen LogP contribution in [0, 0.1) is 0 Å². The summed E-state index contributed by atoms with van der Waals surface area (Å²) in [6.07, 6.45) is 0.363. The number of nitrogens with one attached hydrogen (secondary N) is 2. The monoisotopic (exact) mass is 345 g/mol. The van der Waals surface area contributed by atoms with Crippen LogP contribution in [0.1, 0.15) is 5.56 Å². The molecule has 126 valence electrons.